The van der Waals surface area contributed by atoms with E-state index in [0.29, 0.717) is 0 Å². The van der Waals surface area contributed by atoms with Gasteiger partial charge in [-0.2, -0.15) is 0 Å². The molecule has 19 heavy (non-hydrogen) atoms. The van der Waals surface area contributed by atoms with Gasteiger partial charge in [-0.1, -0.05) is 31.7 Å². The first-order chi connectivity index (χ1) is 9.11. The maximum atomic E-state index is 14.2. The third-order valence-corrected chi connectivity index (χ3v) is 4.52. The molecule has 2 heteroatoms. The van der Waals surface area contributed by atoms with Gasteiger partial charge in [-0.05, 0) is 56.8 Å². The van der Waals surface area contributed by atoms with Crippen molar-refractivity contribution in [3.05, 3.63) is 34.6 Å². The molecule has 0 bridgehead atoms. The zero-order valence-electron chi connectivity index (χ0n) is 12.4. The molecule has 0 amide bonds. The van der Waals surface area contributed by atoms with Gasteiger partial charge in [0, 0.05) is 11.6 Å². The predicted octanol–water partition coefficient (Wildman–Crippen LogP) is 4.67. The van der Waals surface area contributed by atoms with E-state index in [-0.39, 0.29) is 11.9 Å². The van der Waals surface area contributed by atoms with Gasteiger partial charge in [0.05, 0.1) is 0 Å². The second kappa shape index (κ2) is 6.51. The van der Waals surface area contributed by atoms with Crippen molar-refractivity contribution < 1.29 is 4.39 Å². The molecule has 1 N–H and O–H groups in total. The Morgan fingerprint density at radius 1 is 1.26 bits per heavy atom. The first kappa shape index (κ1) is 14.5. The first-order valence-corrected chi connectivity index (χ1v) is 7.55. The number of hydrogen-bond donors (Lipinski definition) is 1. The summed E-state index contributed by atoms with van der Waals surface area (Å²) in [7, 11) is 1.94. The summed E-state index contributed by atoms with van der Waals surface area (Å²) in [5.74, 6) is 0.813. The van der Waals surface area contributed by atoms with Crippen molar-refractivity contribution in [1.29, 1.82) is 0 Å². The zero-order valence-corrected chi connectivity index (χ0v) is 12.4. The van der Waals surface area contributed by atoms with Crippen molar-refractivity contribution in [3.8, 4) is 0 Å². The average molecular weight is 263 g/mol. The third kappa shape index (κ3) is 3.56. The van der Waals surface area contributed by atoms with Gasteiger partial charge in [0.1, 0.15) is 5.82 Å². The number of hydrogen-bond acceptors (Lipinski definition) is 1. The van der Waals surface area contributed by atoms with E-state index in [1.54, 1.807) is 6.07 Å². The Labute approximate surface area is 116 Å². The highest BCUT2D eigenvalue weighted by Gasteiger charge is 2.20. The fourth-order valence-corrected chi connectivity index (χ4v) is 3.50. The van der Waals surface area contributed by atoms with Crippen LogP contribution in [0, 0.1) is 25.6 Å². The summed E-state index contributed by atoms with van der Waals surface area (Å²) in [5, 5.41) is 3.30. The van der Waals surface area contributed by atoms with Gasteiger partial charge in [0.15, 0.2) is 0 Å². The molecule has 0 radical (unpaired) electrons. The predicted molar refractivity (Wildman–Crippen MR) is 78.9 cm³/mol. The van der Waals surface area contributed by atoms with Crippen molar-refractivity contribution in [1.82, 2.24) is 5.32 Å². The standard InChI is InChI=1S/C17H26FN/c1-12-10-13(2)17(15(18)11-12)16(19-3)9-8-14-6-4-5-7-14/h10-11,14,16,19H,4-9H2,1-3H3. The molecule has 1 aliphatic rings. The molecule has 1 unspecified atom stereocenters. The van der Waals surface area contributed by atoms with E-state index >= 15 is 0 Å². The minimum atomic E-state index is -0.0525. The Kier molecular flexibility index (Phi) is 4.98. The van der Waals surface area contributed by atoms with Gasteiger partial charge < -0.3 is 5.32 Å². The van der Waals surface area contributed by atoms with Crippen LogP contribution in [0.25, 0.3) is 0 Å². The second-order valence-corrected chi connectivity index (χ2v) is 6.05. The minimum absolute atomic E-state index is 0.0525. The highest BCUT2D eigenvalue weighted by atomic mass is 19.1. The summed E-state index contributed by atoms with van der Waals surface area (Å²) in [5.41, 5.74) is 2.94. The lowest BCUT2D eigenvalue weighted by atomic mass is 9.91. The smallest absolute Gasteiger partial charge is 0.128 e. The molecule has 1 aromatic carbocycles. The number of rotatable bonds is 5. The van der Waals surface area contributed by atoms with E-state index in [0.717, 1.165) is 29.0 Å². The SMILES string of the molecule is CNC(CCC1CCCC1)c1c(C)cc(C)cc1F. The summed E-state index contributed by atoms with van der Waals surface area (Å²) in [6.07, 6.45) is 7.76. The van der Waals surface area contributed by atoms with E-state index in [1.807, 2.05) is 20.9 Å². The number of aryl methyl sites for hydroxylation is 2. The van der Waals surface area contributed by atoms with Crippen molar-refractivity contribution >= 4 is 0 Å². The maximum Gasteiger partial charge on any atom is 0.128 e. The molecule has 1 saturated carbocycles. The third-order valence-electron chi connectivity index (χ3n) is 4.52. The molecule has 1 aromatic rings. The van der Waals surface area contributed by atoms with Crippen LogP contribution in [-0.4, -0.2) is 7.05 Å². The molecule has 0 heterocycles. The molecule has 0 aliphatic heterocycles. The summed E-state index contributed by atoms with van der Waals surface area (Å²) in [4.78, 5) is 0. The second-order valence-electron chi connectivity index (χ2n) is 6.05. The van der Waals surface area contributed by atoms with Gasteiger partial charge in [-0.15, -0.1) is 0 Å². The number of nitrogens with one attached hydrogen (secondary N) is 1. The van der Waals surface area contributed by atoms with E-state index in [4.69, 9.17) is 0 Å². The fraction of sp³-hybridized carbons (Fsp3) is 0.647. The molecule has 0 spiro atoms. The largest absolute Gasteiger partial charge is 0.313 e. The van der Waals surface area contributed by atoms with E-state index in [9.17, 15) is 4.39 Å². The highest BCUT2D eigenvalue weighted by Crippen LogP contribution is 2.33. The Bertz CT molecular complexity index is 398. The molecule has 1 aliphatic carbocycles. The van der Waals surface area contributed by atoms with Crippen LogP contribution in [0.5, 0.6) is 0 Å². The van der Waals surface area contributed by atoms with Crippen LogP contribution in [-0.2, 0) is 0 Å². The molecule has 2 rings (SSSR count). The van der Waals surface area contributed by atoms with Crippen molar-refractivity contribution in [2.75, 3.05) is 7.05 Å². The van der Waals surface area contributed by atoms with Crippen LogP contribution in [0.3, 0.4) is 0 Å². The lowest BCUT2D eigenvalue weighted by Gasteiger charge is -2.21. The lowest BCUT2D eigenvalue weighted by molar-refractivity contribution is 0.417. The maximum absolute atomic E-state index is 14.2. The first-order valence-electron chi connectivity index (χ1n) is 7.55. The normalized spacial score (nSPS) is 17.9. The topological polar surface area (TPSA) is 12.0 Å². The molecule has 1 atom stereocenters. The minimum Gasteiger partial charge on any atom is -0.313 e. The summed E-state index contributed by atoms with van der Waals surface area (Å²) >= 11 is 0. The van der Waals surface area contributed by atoms with E-state index < -0.39 is 0 Å². The molecule has 1 nitrogen and oxygen atoms in total. The van der Waals surface area contributed by atoms with Crippen molar-refractivity contribution in [2.24, 2.45) is 5.92 Å². The van der Waals surface area contributed by atoms with E-state index in [2.05, 4.69) is 11.4 Å². The number of halogens is 1. The van der Waals surface area contributed by atoms with Gasteiger partial charge in [-0.3, -0.25) is 0 Å². The van der Waals surface area contributed by atoms with Crippen molar-refractivity contribution in [3.63, 3.8) is 0 Å². The van der Waals surface area contributed by atoms with Crippen LogP contribution in [0.4, 0.5) is 4.39 Å². The van der Waals surface area contributed by atoms with Gasteiger partial charge in [0.25, 0.3) is 0 Å². The van der Waals surface area contributed by atoms with Crippen LogP contribution >= 0.6 is 0 Å². The number of benzene rings is 1. The lowest BCUT2D eigenvalue weighted by Crippen LogP contribution is -2.20. The molecule has 0 aromatic heterocycles. The zero-order chi connectivity index (χ0) is 13.8. The highest BCUT2D eigenvalue weighted by molar-refractivity contribution is 5.34. The fourth-order valence-electron chi connectivity index (χ4n) is 3.50. The molecule has 106 valence electrons. The summed E-state index contributed by atoms with van der Waals surface area (Å²) < 4.78 is 14.2. The molecule has 1 fully saturated rings. The monoisotopic (exact) mass is 263 g/mol. The average Bonchev–Trinajstić information content (AvgIpc) is 2.85. The summed E-state index contributed by atoms with van der Waals surface area (Å²) in [6.45, 7) is 3.97. The van der Waals surface area contributed by atoms with Gasteiger partial charge in [0.2, 0.25) is 0 Å². The van der Waals surface area contributed by atoms with Crippen LogP contribution in [0.15, 0.2) is 12.1 Å². The molecular weight excluding hydrogens is 237 g/mol. The summed E-state index contributed by atoms with van der Waals surface area (Å²) in [6, 6.07) is 3.89. The Morgan fingerprint density at radius 3 is 2.53 bits per heavy atom. The van der Waals surface area contributed by atoms with Gasteiger partial charge in [-0.25, -0.2) is 4.39 Å². The van der Waals surface area contributed by atoms with Crippen molar-refractivity contribution in [2.45, 2.75) is 58.4 Å². The van der Waals surface area contributed by atoms with Crippen LogP contribution in [0.1, 0.15) is 61.3 Å². The van der Waals surface area contributed by atoms with E-state index in [1.165, 1.54) is 32.1 Å². The molecular formula is C17H26FN. The van der Waals surface area contributed by atoms with Gasteiger partial charge >= 0.3 is 0 Å². The Hall–Kier alpha value is -0.890. The molecule has 0 saturated heterocycles. The van der Waals surface area contributed by atoms with Crippen LogP contribution < -0.4 is 5.32 Å². The Balaban J connectivity index is 2.08. The Morgan fingerprint density at radius 2 is 1.95 bits per heavy atom. The quantitative estimate of drug-likeness (QED) is 0.813. The van der Waals surface area contributed by atoms with Crippen LogP contribution in [0.2, 0.25) is 0 Å².